The smallest absolute Gasteiger partial charge is 0.207 e. The Bertz CT molecular complexity index is 479. The molecule has 0 fully saturated rings. The molecule has 0 unspecified atom stereocenters. The van der Waals surface area contributed by atoms with Gasteiger partial charge in [0.05, 0.1) is 4.90 Å². The van der Waals surface area contributed by atoms with Gasteiger partial charge in [0.2, 0.25) is 10.0 Å². The molecule has 102 valence electrons. The summed E-state index contributed by atoms with van der Waals surface area (Å²) >= 11 is 8.97. The second-order valence-corrected chi connectivity index (χ2v) is 7.14. The Morgan fingerprint density at radius 3 is 2.61 bits per heavy atom. The van der Waals surface area contributed by atoms with Crippen molar-refractivity contribution in [3.8, 4) is 0 Å². The third-order valence-corrected chi connectivity index (χ3v) is 5.09. The van der Waals surface area contributed by atoms with Crippen LogP contribution in [-0.2, 0) is 10.0 Å². The maximum Gasteiger partial charge on any atom is 0.243 e. The van der Waals surface area contributed by atoms with Crippen LogP contribution in [0.15, 0.2) is 33.6 Å². The number of nitrogens with zero attached hydrogens (tertiary/aromatic N) is 1. The van der Waals surface area contributed by atoms with E-state index in [9.17, 15) is 8.42 Å². The van der Waals surface area contributed by atoms with E-state index >= 15 is 0 Å². The minimum Gasteiger partial charge on any atom is -0.207 e. The van der Waals surface area contributed by atoms with E-state index in [0.717, 1.165) is 17.3 Å². The van der Waals surface area contributed by atoms with Crippen LogP contribution in [-0.4, -0.2) is 31.7 Å². The Morgan fingerprint density at radius 2 is 2.06 bits per heavy atom. The van der Waals surface area contributed by atoms with E-state index in [1.54, 1.807) is 24.3 Å². The number of alkyl halides is 1. The molecule has 6 heteroatoms. The lowest BCUT2D eigenvalue weighted by Gasteiger charge is -2.21. The fourth-order valence-electron chi connectivity index (χ4n) is 1.56. The number of rotatable bonds is 7. The van der Waals surface area contributed by atoms with Gasteiger partial charge < -0.3 is 0 Å². The Balaban J connectivity index is 3.00. The molecule has 0 aliphatic carbocycles. The van der Waals surface area contributed by atoms with Crippen molar-refractivity contribution in [2.45, 2.75) is 24.7 Å². The van der Waals surface area contributed by atoms with Crippen molar-refractivity contribution in [1.29, 1.82) is 0 Å². The number of halogens is 2. The predicted molar refractivity (Wildman–Crippen MR) is 78.5 cm³/mol. The molecule has 0 atom stereocenters. The van der Waals surface area contributed by atoms with Crippen molar-refractivity contribution in [2.24, 2.45) is 0 Å². The van der Waals surface area contributed by atoms with E-state index in [1.165, 1.54) is 4.31 Å². The Hall–Kier alpha value is -0.100. The van der Waals surface area contributed by atoms with Gasteiger partial charge in [-0.25, -0.2) is 8.42 Å². The van der Waals surface area contributed by atoms with Crippen molar-refractivity contribution in [3.63, 3.8) is 0 Å². The van der Waals surface area contributed by atoms with Gasteiger partial charge in [-0.1, -0.05) is 35.3 Å². The lowest BCUT2D eigenvalue weighted by molar-refractivity contribution is 0.420. The van der Waals surface area contributed by atoms with E-state index in [-0.39, 0.29) is 0 Å². The van der Waals surface area contributed by atoms with Crippen LogP contribution in [0.1, 0.15) is 19.8 Å². The SMILES string of the molecule is CCCCN(CCCl)S(=O)(=O)c1cccc(Br)c1. The maximum atomic E-state index is 12.4. The first-order valence-electron chi connectivity index (χ1n) is 5.84. The summed E-state index contributed by atoms with van der Waals surface area (Å²) in [6.45, 7) is 2.89. The third-order valence-electron chi connectivity index (χ3n) is 2.53. The van der Waals surface area contributed by atoms with Crippen LogP contribution >= 0.6 is 27.5 Å². The first-order valence-corrected chi connectivity index (χ1v) is 8.60. The fourth-order valence-corrected chi connectivity index (χ4v) is 3.94. The van der Waals surface area contributed by atoms with E-state index in [0.29, 0.717) is 23.9 Å². The molecule has 0 aliphatic heterocycles. The summed E-state index contributed by atoms with van der Waals surface area (Å²) in [7, 11) is -3.44. The second kappa shape index (κ2) is 7.48. The van der Waals surface area contributed by atoms with E-state index < -0.39 is 10.0 Å². The number of hydrogen-bond acceptors (Lipinski definition) is 2. The minimum atomic E-state index is -3.44. The second-order valence-electron chi connectivity index (χ2n) is 3.90. The number of unbranched alkanes of at least 4 members (excludes halogenated alkanes) is 1. The molecule has 0 amide bonds. The molecule has 0 bridgehead atoms. The minimum absolute atomic E-state index is 0.303. The van der Waals surface area contributed by atoms with Gasteiger partial charge in [-0.3, -0.25) is 0 Å². The standard InChI is InChI=1S/C12H17BrClNO2S/c1-2-3-8-15(9-7-14)18(16,17)12-6-4-5-11(13)10-12/h4-6,10H,2-3,7-9H2,1H3. The van der Waals surface area contributed by atoms with Crippen molar-refractivity contribution >= 4 is 37.6 Å². The highest BCUT2D eigenvalue weighted by Crippen LogP contribution is 2.20. The molecule has 0 N–H and O–H groups in total. The highest BCUT2D eigenvalue weighted by Gasteiger charge is 2.23. The first-order chi connectivity index (χ1) is 8.52. The van der Waals surface area contributed by atoms with Crippen molar-refractivity contribution in [1.82, 2.24) is 4.31 Å². The summed E-state index contributed by atoms with van der Waals surface area (Å²) in [5.41, 5.74) is 0. The van der Waals surface area contributed by atoms with Gasteiger partial charge >= 0.3 is 0 Å². The third kappa shape index (κ3) is 4.23. The van der Waals surface area contributed by atoms with Crippen LogP contribution in [0, 0.1) is 0 Å². The molecule has 0 spiro atoms. The molecule has 0 heterocycles. The first kappa shape index (κ1) is 16.0. The Labute approximate surface area is 122 Å². The summed E-state index contributed by atoms with van der Waals surface area (Å²) in [6.07, 6.45) is 1.79. The van der Waals surface area contributed by atoms with Crippen molar-refractivity contribution in [3.05, 3.63) is 28.7 Å². The summed E-state index contributed by atoms with van der Waals surface area (Å²) < 4.78 is 27.1. The monoisotopic (exact) mass is 353 g/mol. The van der Waals surface area contributed by atoms with Gasteiger partial charge in [-0.15, -0.1) is 11.6 Å². The quantitative estimate of drug-likeness (QED) is 0.703. The molecular formula is C12H17BrClNO2S. The zero-order valence-corrected chi connectivity index (χ0v) is 13.4. The highest BCUT2D eigenvalue weighted by atomic mass is 79.9. The highest BCUT2D eigenvalue weighted by molar-refractivity contribution is 9.10. The summed E-state index contributed by atoms with van der Waals surface area (Å²) in [6, 6.07) is 6.74. The zero-order valence-electron chi connectivity index (χ0n) is 10.3. The summed E-state index contributed by atoms with van der Waals surface area (Å²) in [4.78, 5) is 0.304. The predicted octanol–water partition coefficient (Wildman–Crippen LogP) is 3.48. The molecule has 0 aliphatic rings. The topological polar surface area (TPSA) is 37.4 Å². The molecule has 18 heavy (non-hydrogen) atoms. The zero-order chi connectivity index (χ0) is 13.6. The molecule has 0 saturated heterocycles. The Morgan fingerprint density at radius 1 is 1.33 bits per heavy atom. The molecule has 1 rings (SSSR count). The normalized spacial score (nSPS) is 12.0. The van der Waals surface area contributed by atoms with Gasteiger partial charge in [0.1, 0.15) is 0 Å². The van der Waals surface area contributed by atoms with E-state index in [1.807, 2.05) is 6.92 Å². The summed E-state index contributed by atoms with van der Waals surface area (Å²) in [5, 5.41) is 0. The van der Waals surface area contributed by atoms with E-state index in [2.05, 4.69) is 15.9 Å². The van der Waals surface area contributed by atoms with E-state index in [4.69, 9.17) is 11.6 Å². The van der Waals surface area contributed by atoms with Crippen LogP contribution in [0.3, 0.4) is 0 Å². The lowest BCUT2D eigenvalue weighted by atomic mass is 10.3. The van der Waals surface area contributed by atoms with Gasteiger partial charge in [0.25, 0.3) is 0 Å². The number of hydrogen-bond donors (Lipinski definition) is 0. The Kier molecular flexibility index (Phi) is 6.63. The molecule has 0 aromatic heterocycles. The van der Waals surface area contributed by atoms with Crippen LogP contribution in [0.5, 0.6) is 0 Å². The average molecular weight is 355 g/mol. The number of sulfonamides is 1. The lowest BCUT2D eigenvalue weighted by Crippen LogP contribution is -2.33. The molecular weight excluding hydrogens is 338 g/mol. The van der Waals surface area contributed by atoms with Crippen LogP contribution in [0.4, 0.5) is 0 Å². The summed E-state index contributed by atoms with van der Waals surface area (Å²) in [5.74, 6) is 0.303. The largest absolute Gasteiger partial charge is 0.243 e. The van der Waals surface area contributed by atoms with Crippen molar-refractivity contribution in [2.75, 3.05) is 19.0 Å². The molecule has 1 aromatic rings. The molecule has 1 aromatic carbocycles. The molecule has 0 radical (unpaired) electrons. The van der Waals surface area contributed by atoms with Crippen LogP contribution in [0.25, 0.3) is 0 Å². The van der Waals surface area contributed by atoms with Crippen LogP contribution < -0.4 is 0 Å². The van der Waals surface area contributed by atoms with Crippen molar-refractivity contribution < 1.29 is 8.42 Å². The van der Waals surface area contributed by atoms with Gasteiger partial charge in [-0.2, -0.15) is 4.31 Å². The molecule has 3 nitrogen and oxygen atoms in total. The average Bonchev–Trinajstić information content (AvgIpc) is 2.34. The maximum absolute atomic E-state index is 12.4. The van der Waals surface area contributed by atoms with Gasteiger partial charge in [0, 0.05) is 23.4 Å². The fraction of sp³-hybridized carbons (Fsp3) is 0.500. The van der Waals surface area contributed by atoms with Crippen LogP contribution in [0.2, 0.25) is 0 Å². The number of benzene rings is 1. The van der Waals surface area contributed by atoms with Gasteiger partial charge in [-0.05, 0) is 24.6 Å². The van der Waals surface area contributed by atoms with Gasteiger partial charge in [0.15, 0.2) is 0 Å². The molecule has 0 saturated carbocycles.